The summed E-state index contributed by atoms with van der Waals surface area (Å²) in [6.07, 6.45) is -8.40. The summed E-state index contributed by atoms with van der Waals surface area (Å²) < 4.78 is 50.0. The Kier molecular flexibility index (Phi) is 7.12. The average Bonchev–Trinajstić information content (AvgIpc) is 3.62. The van der Waals surface area contributed by atoms with Gasteiger partial charge in [-0.1, -0.05) is 10.4 Å². The van der Waals surface area contributed by atoms with E-state index in [-0.39, 0.29) is 53.4 Å². The molecule has 0 radical (unpaired) electrons. The molecule has 6 heterocycles. The molecule has 2 aliphatic rings. The average molecular weight is 617 g/mol. The second-order valence-electron chi connectivity index (χ2n) is 9.49. The number of hydrogen-bond donors (Lipinski definition) is 5. The predicted molar refractivity (Wildman–Crippen MR) is 138 cm³/mol. The van der Waals surface area contributed by atoms with Crippen molar-refractivity contribution in [2.75, 3.05) is 18.1 Å². The molecule has 0 aliphatic carbocycles. The van der Waals surface area contributed by atoms with Gasteiger partial charge in [0.15, 0.2) is 46.8 Å². The minimum absolute atomic E-state index is 0.0574. The van der Waals surface area contributed by atoms with E-state index < -0.39 is 61.8 Å². The van der Waals surface area contributed by atoms with Crippen LogP contribution >= 0.6 is 6.72 Å². The third kappa shape index (κ3) is 5.02. The van der Waals surface area contributed by atoms with E-state index in [4.69, 9.17) is 37.1 Å². The number of nitrogens with two attached hydrogens (primary N) is 2. The van der Waals surface area contributed by atoms with Gasteiger partial charge in [0.05, 0.1) is 12.7 Å². The maximum Gasteiger partial charge on any atom is 0.325 e. The number of aromatic nitrogens is 10. The molecular formula is C19H23F2N12O6PS. The Hall–Kier alpha value is -3.33. The molecule has 0 amide bonds. The fourth-order valence-corrected chi connectivity index (χ4v) is 6.40. The fourth-order valence-electron chi connectivity index (χ4n) is 4.97. The number of H-pyrrole nitrogens is 1. The minimum Gasteiger partial charge on any atom is -0.382 e. The van der Waals surface area contributed by atoms with Crippen LogP contribution in [-0.2, 0) is 25.6 Å². The number of aromatic amines is 1. The van der Waals surface area contributed by atoms with Crippen molar-refractivity contribution in [1.29, 1.82) is 0 Å². The molecule has 4 aromatic heterocycles. The van der Waals surface area contributed by atoms with Crippen LogP contribution in [0.1, 0.15) is 31.7 Å². The van der Waals surface area contributed by atoms with Gasteiger partial charge in [0, 0.05) is 5.92 Å². The molecular weight excluding hydrogens is 593 g/mol. The molecule has 2 saturated heterocycles. The zero-order valence-electron chi connectivity index (χ0n) is 20.8. The van der Waals surface area contributed by atoms with Gasteiger partial charge in [-0.2, -0.15) is 14.3 Å². The molecule has 0 aromatic carbocycles. The number of alkyl halides is 2. The maximum atomic E-state index is 15.8. The summed E-state index contributed by atoms with van der Waals surface area (Å²) in [5, 5.41) is 26.1. The highest BCUT2D eigenvalue weighted by Crippen LogP contribution is 2.50. The predicted octanol–water partition coefficient (Wildman–Crippen LogP) is -0.603. The zero-order chi connectivity index (χ0) is 29.1. The largest absolute Gasteiger partial charge is 0.382 e. The number of nitrogens with one attached hydrogen (secondary N) is 1. The van der Waals surface area contributed by atoms with E-state index in [1.54, 1.807) is 0 Å². The number of fused-ring (bicyclic) bond motifs is 3. The normalized spacial score (nSPS) is 32.1. The smallest absolute Gasteiger partial charge is 0.325 e. The molecule has 220 valence electrons. The lowest BCUT2D eigenvalue weighted by atomic mass is 9.92. The number of aliphatic hydroxyl groups excluding tert-OH is 1. The third-order valence-corrected chi connectivity index (χ3v) is 8.49. The van der Waals surface area contributed by atoms with Crippen LogP contribution in [-0.4, -0.2) is 91.1 Å². The van der Waals surface area contributed by atoms with E-state index in [9.17, 15) is 14.8 Å². The Labute approximate surface area is 232 Å². The van der Waals surface area contributed by atoms with E-state index in [1.807, 2.05) is 0 Å². The molecule has 8 atom stereocenters. The van der Waals surface area contributed by atoms with Crippen molar-refractivity contribution < 1.29 is 32.6 Å². The Morgan fingerprint density at radius 1 is 1.17 bits per heavy atom. The van der Waals surface area contributed by atoms with Crippen LogP contribution in [0.3, 0.4) is 0 Å². The highest BCUT2D eigenvalue weighted by Gasteiger charge is 2.48. The van der Waals surface area contributed by atoms with Crippen LogP contribution in [0.4, 0.5) is 20.5 Å². The van der Waals surface area contributed by atoms with Crippen molar-refractivity contribution in [3.8, 4) is 0 Å². The van der Waals surface area contributed by atoms with Crippen molar-refractivity contribution in [2.45, 2.75) is 56.3 Å². The number of hydrogen-bond acceptors (Lipinski definition) is 15. The maximum absolute atomic E-state index is 15.8. The monoisotopic (exact) mass is 616 g/mol. The van der Waals surface area contributed by atoms with Crippen molar-refractivity contribution >= 4 is 52.6 Å². The molecule has 7 N–H and O–H groups in total. The Morgan fingerprint density at radius 2 is 1.95 bits per heavy atom. The van der Waals surface area contributed by atoms with E-state index in [0.29, 0.717) is 0 Å². The molecule has 0 spiro atoms. The molecule has 2 fully saturated rings. The van der Waals surface area contributed by atoms with Crippen molar-refractivity contribution in [2.24, 2.45) is 5.92 Å². The molecule has 0 saturated carbocycles. The Morgan fingerprint density at radius 3 is 2.76 bits per heavy atom. The lowest BCUT2D eigenvalue weighted by Crippen LogP contribution is -2.35. The highest BCUT2D eigenvalue weighted by atomic mass is 32.5. The topological polar surface area (TPSA) is 253 Å². The Bertz CT molecular complexity index is 1710. The van der Waals surface area contributed by atoms with Crippen molar-refractivity contribution in [3.63, 3.8) is 0 Å². The summed E-state index contributed by atoms with van der Waals surface area (Å²) in [7, 11) is 0. The molecule has 18 nitrogen and oxygen atoms in total. The number of nitrogen functional groups attached to an aromatic ring is 2. The first-order chi connectivity index (χ1) is 19.5. The number of nitrogens with zero attached hydrogens (tertiary/aromatic N) is 9. The third-order valence-electron chi connectivity index (χ3n) is 6.93. The van der Waals surface area contributed by atoms with E-state index in [2.05, 4.69) is 40.6 Å². The summed E-state index contributed by atoms with van der Waals surface area (Å²) in [5.41, 5.74) is 10.4. The lowest BCUT2D eigenvalue weighted by Gasteiger charge is -2.29. The van der Waals surface area contributed by atoms with Gasteiger partial charge in [-0.3, -0.25) is 14.3 Å². The highest BCUT2D eigenvalue weighted by molar-refractivity contribution is 8.07. The molecule has 6 rings (SSSR count). The number of ether oxygens (including phenoxy) is 1. The van der Waals surface area contributed by atoms with E-state index in [1.165, 1.54) is 6.33 Å². The minimum atomic E-state index is -4.26. The number of rotatable bonds is 3. The van der Waals surface area contributed by atoms with E-state index >= 15 is 8.78 Å². The first kappa shape index (κ1) is 27.8. The quantitative estimate of drug-likeness (QED) is 0.180. The van der Waals surface area contributed by atoms with Crippen LogP contribution in [0, 0.1) is 5.92 Å². The standard InChI is InChI=1S/C19H23F2N12O6PS/c20-7-3-1-2-6-8(38-18(9(6)21)33-14-10(28-31-33)13(22)24-5-25-14)4-37-40(36,41)39-12(7)17(35)32-15-11(29-30-32)16(34)27-19(23)26-15/h5-9,12,17-18,35H,1-4H2,(H,36,41)(H2,22,24,25)(H3,23,26,27,34)/t6-,7+,8-,9+,12-,17-,18-,40?/m1/s1. The van der Waals surface area contributed by atoms with Gasteiger partial charge in [0.1, 0.15) is 18.6 Å². The SMILES string of the molecule is Nc1nc2c(nnn2[C@H](O)[C@@H]2OP(O)(=S)OC[C@H]3O[C@@H](n4nnc5c(N)ncnc54)[C@@H](F)[C@@H]3CCC[C@@H]2F)c(=O)[nH]1. The van der Waals surface area contributed by atoms with Crippen molar-refractivity contribution in [1.82, 2.24) is 49.9 Å². The van der Waals surface area contributed by atoms with Crippen LogP contribution < -0.4 is 17.0 Å². The molecule has 0 bridgehead atoms. The molecule has 1 unspecified atom stereocenters. The first-order valence-electron chi connectivity index (χ1n) is 12.2. The van der Waals surface area contributed by atoms with Crippen LogP contribution in [0.2, 0.25) is 0 Å². The van der Waals surface area contributed by atoms with Crippen LogP contribution in [0.15, 0.2) is 11.1 Å². The fraction of sp³-hybridized carbons (Fsp3) is 0.579. The zero-order valence-corrected chi connectivity index (χ0v) is 22.5. The number of halogens is 2. The number of aliphatic hydroxyl groups is 1. The lowest BCUT2D eigenvalue weighted by molar-refractivity contribution is -0.0713. The second-order valence-corrected chi connectivity index (χ2v) is 12.3. The van der Waals surface area contributed by atoms with Crippen LogP contribution in [0.5, 0.6) is 0 Å². The van der Waals surface area contributed by atoms with Crippen LogP contribution in [0.25, 0.3) is 22.3 Å². The van der Waals surface area contributed by atoms with Gasteiger partial charge in [0.2, 0.25) is 5.95 Å². The van der Waals surface area contributed by atoms with E-state index in [0.717, 1.165) is 9.36 Å². The summed E-state index contributed by atoms with van der Waals surface area (Å²) in [6.45, 7) is -4.68. The van der Waals surface area contributed by atoms with Gasteiger partial charge < -0.3 is 30.7 Å². The Balaban J connectivity index is 1.25. The second kappa shape index (κ2) is 10.5. The van der Waals surface area contributed by atoms with Gasteiger partial charge in [0.25, 0.3) is 5.56 Å². The summed E-state index contributed by atoms with van der Waals surface area (Å²) in [4.78, 5) is 36.9. The summed E-state index contributed by atoms with van der Waals surface area (Å²) in [6, 6.07) is 0. The van der Waals surface area contributed by atoms with Crippen molar-refractivity contribution in [3.05, 3.63) is 16.7 Å². The molecule has 4 aromatic rings. The number of anilines is 2. The molecule has 41 heavy (non-hydrogen) atoms. The van der Waals surface area contributed by atoms with Gasteiger partial charge in [-0.05, 0) is 31.1 Å². The van der Waals surface area contributed by atoms with Gasteiger partial charge >= 0.3 is 6.72 Å². The summed E-state index contributed by atoms with van der Waals surface area (Å²) in [5.74, 6) is -1.06. The first-order valence-corrected chi connectivity index (χ1v) is 14.8. The molecule has 22 heteroatoms. The van der Waals surface area contributed by atoms with Gasteiger partial charge in [-0.15, -0.1) is 10.2 Å². The molecule has 2 aliphatic heterocycles. The summed E-state index contributed by atoms with van der Waals surface area (Å²) >= 11 is 5.08. The van der Waals surface area contributed by atoms with Gasteiger partial charge in [-0.25, -0.2) is 18.7 Å².